The van der Waals surface area contributed by atoms with Gasteiger partial charge in [-0.2, -0.15) is 5.10 Å². The average molecular weight is 239 g/mol. The Morgan fingerprint density at radius 2 is 2.17 bits per heavy atom. The van der Waals surface area contributed by atoms with Crippen LogP contribution in [-0.4, -0.2) is 26.7 Å². The molecule has 3 heterocycles. The number of hydrogen-bond donors (Lipinski definition) is 3. The number of fused-ring (bicyclic) bond motifs is 2. The summed E-state index contributed by atoms with van der Waals surface area (Å²) in [5.74, 6) is 0.957. The molecule has 90 valence electrons. The van der Waals surface area contributed by atoms with Crippen molar-refractivity contribution < 1.29 is 0 Å². The van der Waals surface area contributed by atoms with Gasteiger partial charge in [-0.15, -0.1) is 0 Å². The Morgan fingerprint density at radius 3 is 3.11 bits per heavy atom. The minimum absolute atomic E-state index is 0.111. The predicted octanol–water partition coefficient (Wildman–Crippen LogP) is 1.52. The quantitative estimate of drug-likeness (QED) is 0.603. The molecular weight excluding hydrogens is 226 g/mol. The second-order valence-corrected chi connectivity index (χ2v) is 4.58. The lowest BCUT2D eigenvalue weighted by atomic mass is 10.0. The molecule has 3 aromatic rings. The Morgan fingerprint density at radius 1 is 1.22 bits per heavy atom. The number of nitrogens with one attached hydrogen (secondary N) is 3. The summed E-state index contributed by atoms with van der Waals surface area (Å²) in [6, 6.07) is 8.20. The van der Waals surface area contributed by atoms with Crippen molar-refractivity contribution in [3.8, 4) is 0 Å². The molecule has 0 saturated heterocycles. The van der Waals surface area contributed by atoms with Crippen LogP contribution in [0.1, 0.15) is 23.1 Å². The Hall–Kier alpha value is -2.14. The highest BCUT2D eigenvalue weighted by atomic mass is 15.1. The first-order valence-electron chi connectivity index (χ1n) is 6.12. The van der Waals surface area contributed by atoms with Crippen molar-refractivity contribution in [1.29, 1.82) is 0 Å². The second-order valence-electron chi connectivity index (χ2n) is 4.58. The van der Waals surface area contributed by atoms with Crippen LogP contribution in [-0.2, 0) is 6.42 Å². The average Bonchev–Trinajstić information content (AvgIpc) is 3.04. The van der Waals surface area contributed by atoms with Crippen LogP contribution in [0.5, 0.6) is 0 Å². The number of aromatic nitrogens is 4. The highest BCUT2D eigenvalue weighted by Crippen LogP contribution is 2.26. The van der Waals surface area contributed by atoms with Crippen LogP contribution >= 0.6 is 0 Å². The number of aromatic amines is 2. The molecule has 2 aromatic heterocycles. The second kappa shape index (κ2) is 3.68. The fourth-order valence-electron chi connectivity index (χ4n) is 2.58. The number of imidazole rings is 1. The van der Waals surface area contributed by atoms with Gasteiger partial charge in [0.05, 0.1) is 23.3 Å². The Balaban J connectivity index is 1.84. The van der Waals surface area contributed by atoms with Crippen LogP contribution in [0.15, 0.2) is 30.5 Å². The molecule has 1 unspecified atom stereocenters. The molecule has 4 rings (SSSR count). The smallest absolute Gasteiger partial charge is 0.129 e. The van der Waals surface area contributed by atoms with Crippen LogP contribution in [0.4, 0.5) is 0 Å². The zero-order chi connectivity index (χ0) is 11.9. The number of H-pyrrole nitrogens is 2. The van der Waals surface area contributed by atoms with E-state index in [-0.39, 0.29) is 6.04 Å². The molecule has 1 aromatic carbocycles. The number of benzene rings is 1. The highest BCUT2D eigenvalue weighted by Gasteiger charge is 2.25. The lowest BCUT2D eigenvalue weighted by Gasteiger charge is -2.21. The van der Waals surface area contributed by atoms with E-state index in [1.807, 2.05) is 30.5 Å². The fourth-order valence-corrected chi connectivity index (χ4v) is 2.58. The molecule has 0 aliphatic carbocycles. The molecule has 5 heteroatoms. The van der Waals surface area contributed by atoms with Crippen molar-refractivity contribution in [2.75, 3.05) is 6.54 Å². The zero-order valence-electron chi connectivity index (χ0n) is 9.77. The van der Waals surface area contributed by atoms with Crippen molar-refractivity contribution in [3.63, 3.8) is 0 Å². The van der Waals surface area contributed by atoms with E-state index >= 15 is 0 Å². The van der Waals surface area contributed by atoms with E-state index in [4.69, 9.17) is 0 Å². The molecule has 5 nitrogen and oxygen atoms in total. The molecule has 0 saturated carbocycles. The van der Waals surface area contributed by atoms with Gasteiger partial charge >= 0.3 is 0 Å². The van der Waals surface area contributed by atoms with Gasteiger partial charge < -0.3 is 10.3 Å². The van der Waals surface area contributed by atoms with Crippen LogP contribution < -0.4 is 5.32 Å². The fraction of sp³-hybridized carbons (Fsp3) is 0.231. The highest BCUT2D eigenvalue weighted by molar-refractivity contribution is 5.75. The Labute approximate surface area is 104 Å². The third kappa shape index (κ3) is 1.37. The minimum atomic E-state index is 0.111. The van der Waals surface area contributed by atoms with E-state index < -0.39 is 0 Å². The predicted molar refractivity (Wildman–Crippen MR) is 68.2 cm³/mol. The molecule has 3 N–H and O–H groups in total. The van der Waals surface area contributed by atoms with Crippen LogP contribution in [0.2, 0.25) is 0 Å². The van der Waals surface area contributed by atoms with Crippen molar-refractivity contribution >= 4 is 11.0 Å². The molecule has 1 aliphatic rings. The molecule has 0 amide bonds. The number of para-hydroxylation sites is 2. The van der Waals surface area contributed by atoms with Crippen molar-refractivity contribution in [1.82, 2.24) is 25.5 Å². The minimum Gasteiger partial charge on any atom is -0.340 e. The number of rotatable bonds is 1. The van der Waals surface area contributed by atoms with Gasteiger partial charge in [0.15, 0.2) is 0 Å². The van der Waals surface area contributed by atoms with Crippen molar-refractivity contribution in [2.24, 2.45) is 0 Å². The topological polar surface area (TPSA) is 69.4 Å². The lowest BCUT2D eigenvalue weighted by Crippen LogP contribution is -2.30. The summed E-state index contributed by atoms with van der Waals surface area (Å²) in [6.45, 7) is 0.941. The van der Waals surface area contributed by atoms with Gasteiger partial charge in [-0.25, -0.2) is 4.98 Å². The van der Waals surface area contributed by atoms with Gasteiger partial charge in [0.1, 0.15) is 5.82 Å². The first-order chi connectivity index (χ1) is 8.92. The standard InChI is InChI=1S/C13H13N5/c1-2-4-11-10(3-1)16-13(17-11)12-8-7-15-18-9(8)5-6-14-12/h1-4,7,12,14H,5-6H2,(H,15,18)(H,16,17). The lowest BCUT2D eigenvalue weighted by molar-refractivity contribution is 0.546. The van der Waals surface area contributed by atoms with E-state index in [0.29, 0.717) is 0 Å². The summed E-state index contributed by atoms with van der Waals surface area (Å²) in [5, 5.41) is 10.7. The maximum atomic E-state index is 4.66. The van der Waals surface area contributed by atoms with E-state index in [9.17, 15) is 0 Å². The van der Waals surface area contributed by atoms with Gasteiger partial charge in [-0.3, -0.25) is 5.10 Å². The van der Waals surface area contributed by atoms with Crippen LogP contribution in [0, 0.1) is 0 Å². The summed E-state index contributed by atoms with van der Waals surface area (Å²) in [5.41, 5.74) is 4.48. The summed E-state index contributed by atoms with van der Waals surface area (Å²) in [6.07, 6.45) is 2.88. The van der Waals surface area contributed by atoms with Gasteiger partial charge in [0.25, 0.3) is 0 Å². The van der Waals surface area contributed by atoms with E-state index in [1.54, 1.807) is 0 Å². The molecule has 0 fully saturated rings. The normalized spacial score (nSPS) is 19.0. The van der Waals surface area contributed by atoms with Gasteiger partial charge in [0.2, 0.25) is 0 Å². The first-order valence-corrected chi connectivity index (χ1v) is 6.12. The molecule has 18 heavy (non-hydrogen) atoms. The van der Waals surface area contributed by atoms with Crippen molar-refractivity contribution in [2.45, 2.75) is 12.5 Å². The SMILES string of the molecule is c1ccc2[nH]c(C3NCCc4[nH]ncc43)nc2c1. The monoisotopic (exact) mass is 239 g/mol. The summed E-state index contributed by atoms with van der Waals surface area (Å²) < 4.78 is 0. The molecule has 0 bridgehead atoms. The van der Waals surface area contributed by atoms with E-state index in [2.05, 4.69) is 25.5 Å². The first kappa shape index (κ1) is 9.85. The molecule has 0 radical (unpaired) electrons. The summed E-state index contributed by atoms with van der Waals surface area (Å²) >= 11 is 0. The Bertz CT molecular complexity index is 663. The maximum Gasteiger partial charge on any atom is 0.129 e. The van der Waals surface area contributed by atoms with Gasteiger partial charge in [-0.1, -0.05) is 12.1 Å². The zero-order valence-corrected chi connectivity index (χ0v) is 9.77. The summed E-state index contributed by atoms with van der Waals surface area (Å²) in [4.78, 5) is 8.04. The molecule has 1 atom stereocenters. The van der Waals surface area contributed by atoms with Gasteiger partial charge in [0, 0.05) is 24.2 Å². The molecule has 0 spiro atoms. The van der Waals surface area contributed by atoms with Crippen molar-refractivity contribution in [3.05, 3.63) is 47.5 Å². The van der Waals surface area contributed by atoms with Crippen LogP contribution in [0.3, 0.4) is 0 Å². The van der Waals surface area contributed by atoms with E-state index in [1.165, 1.54) is 11.3 Å². The van der Waals surface area contributed by atoms with E-state index in [0.717, 1.165) is 29.8 Å². The molecule has 1 aliphatic heterocycles. The summed E-state index contributed by atoms with van der Waals surface area (Å²) in [7, 11) is 0. The molecular formula is C13H13N5. The number of hydrogen-bond acceptors (Lipinski definition) is 3. The van der Waals surface area contributed by atoms with Gasteiger partial charge in [-0.05, 0) is 12.1 Å². The Kier molecular flexibility index (Phi) is 2.01. The maximum absolute atomic E-state index is 4.66. The largest absolute Gasteiger partial charge is 0.340 e. The van der Waals surface area contributed by atoms with Crippen LogP contribution in [0.25, 0.3) is 11.0 Å². The third-order valence-electron chi connectivity index (χ3n) is 3.47. The number of nitrogens with zero attached hydrogens (tertiary/aromatic N) is 2. The third-order valence-corrected chi connectivity index (χ3v) is 3.47.